The van der Waals surface area contributed by atoms with Crippen molar-refractivity contribution in [2.45, 2.75) is 0 Å². The Hall–Kier alpha value is -2.84. The summed E-state index contributed by atoms with van der Waals surface area (Å²) in [5.74, 6) is -2.99. The molecule has 0 aliphatic carbocycles. The van der Waals surface area contributed by atoms with Crippen LogP contribution in [-0.2, 0) is 4.79 Å². The van der Waals surface area contributed by atoms with Gasteiger partial charge in [-0.15, -0.1) is 0 Å². The van der Waals surface area contributed by atoms with Crippen molar-refractivity contribution in [1.29, 1.82) is 0 Å². The van der Waals surface area contributed by atoms with Gasteiger partial charge in [-0.1, -0.05) is 0 Å². The Labute approximate surface area is 101 Å². The highest BCUT2D eigenvalue weighted by Gasteiger charge is 2.15. The average Bonchev–Trinajstić information content (AvgIpc) is 2.74. The normalized spacial score (nSPS) is 9.56. The Morgan fingerprint density at radius 2 is 1.83 bits per heavy atom. The maximum Gasteiger partial charge on any atom is 0.346 e. The summed E-state index contributed by atoms with van der Waals surface area (Å²) in [7, 11) is 0. The molecular weight excluding hydrogens is 242 g/mol. The number of nitrogens with one attached hydrogen (secondary N) is 3. The third-order valence-electron chi connectivity index (χ3n) is 1.83. The summed E-state index contributed by atoms with van der Waals surface area (Å²) < 4.78 is 0. The summed E-state index contributed by atoms with van der Waals surface area (Å²) in [6.07, 6.45) is 0. The first-order valence-corrected chi connectivity index (χ1v) is 4.76. The van der Waals surface area contributed by atoms with E-state index < -0.39 is 24.3 Å². The van der Waals surface area contributed by atoms with Crippen LogP contribution in [-0.4, -0.2) is 35.3 Å². The van der Waals surface area contributed by atoms with Crippen molar-refractivity contribution < 1.29 is 24.9 Å². The van der Waals surface area contributed by atoms with E-state index in [4.69, 9.17) is 11.1 Å². The highest BCUT2D eigenvalue weighted by Crippen LogP contribution is 2.01. The molecule has 0 spiro atoms. The van der Waals surface area contributed by atoms with Crippen molar-refractivity contribution in [2.75, 3.05) is 6.54 Å². The Morgan fingerprint density at radius 1 is 1.28 bits per heavy atom. The molecule has 0 aliphatic rings. The molecular formula is C9H11N5O4. The number of H-pyrrole nitrogens is 1. The number of carboxylic acids is 1. The van der Waals surface area contributed by atoms with E-state index in [0.29, 0.717) is 0 Å². The number of amides is 2. The molecule has 96 valence electrons. The van der Waals surface area contributed by atoms with E-state index in [9.17, 15) is 19.5 Å². The molecule has 0 aliphatic heterocycles. The minimum absolute atomic E-state index is 0.0250. The van der Waals surface area contributed by atoms with Gasteiger partial charge in [0, 0.05) is 0 Å². The van der Waals surface area contributed by atoms with Crippen molar-refractivity contribution in [3.05, 3.63) is 23.5 Å². The topological polar surface area (TPSA) is 166 Å². The third kappa shape index (κ3) is 3.63. The van der Waals surface area contributed by atoms with Crippen LogP contribution in [0.4, 0.5) is 0 Å². The van der Waals surface area contributed by atoms with E-state index in [0.717, 1.165) is 0 Å². The van der Waals surface area contributed by atoms with Gasteiger partial charge in [-0.25, -0.2) is 10.1 Å². The van der Waals surface area contributed by atoms with E-state index >= 15 is 0 Å². The maximum absolute atomic E-state index is 11.4. The molecule has 1 aromatic rings. The van der Waals surface area contributed by atoms with E-state index in [2.05, 4.69) is 15.6 Å². The van der Waals surface area contributed by atoms with Crippen LogP contribution in [0.5, 0.6) is 0 Å². The molecule has 1 rings (SSSR count). The van der Waals surface area contributed by atoms with E-state index in [-0.39, 0.29) is 17.3 Å². The first kappa shape index (κ1) is 13.2. The molecule has 1 aromatic heterocycles. The molecule has 0 atom stereocenters. The molecule has 0 radical (unpaired) electrons. The van der Waals surface area contributed by atoms with E-state index in [1.807, 2.05) is 0 Å². The predicted molar refractivity (Wildman–Crippen MR) is 56.7 cm³/mol. The number of guanidine groups is 1. The Kier molecular flexibility index (Phi) is 4.02. The number of carbonyl (C=O) groups excluding carboxylic acids is 3. The highest BCUT2D eigenvalue weighted by atomic mass is 16.4. The maximum atomic E-state index is 11.4. The van der Waals surface area contributed by atoms with Crippen molar-refractivity contribution in [3.8, 4) is 0 Å². The van der Waals surface area contributed by atoms with Crippen LogP contribution in [0.1, 0.15) is 21.0 Å². The fraction of sp³-hybridized carbons (Fsp3) is 0.111. The van der Waals surface area contributed by atoms with Gasteiger partial charge in [0.25, 0.3) is 5.91 Å². The number of carbonyl (C=O) groups is 3. The molecule has 9 heteroatoms. The summed E-state index contributed by atoms with van der Waals surface area (Å²) in [6.45, 7) is -0.622. The molecule has 0 saturated carbocycles. The fourth-order valence-corrected chi connectivity index (χ4v) is 1.11. The van der Waals surface area contributed by atoms with Crippen LogP contribution >= 0.6 is 0 Å². The van der Waals surface area contributed by atoms with E-state index in [1.165, 1.54) is 12.1 Å². The van der Waals surface area contributed by atoms with Gasteiger partial charge in [-0.3, -0.25) is 15.9 Å². The summed E-state index contributed by atoms with van der Waals surface area (Å²) in [5, 5.41) is 19.4. The van der Waals surface area contributed by atoms with Gasteiger partial charge in [-0.05, 0) is 12.1 Å². The predicted octanol–water partition coefficient (Wildman–Crippen LogP) is -4.70. The number of hydrogen-bond acceptors (Lipinski definition) is 4. The summed E-state index contributed by atoms with van der Waals surface area (Å²) in [6, 6.07) is 2.64. The number of nitrogens with two attached hydrogens (primary N) is 2. The van der Waals surface area contributed by atoms with Gasteiger partial charge in [0.15, 0.2) is 0 Å². The number of hydrogen-bond donors (Lipinski definition) is 5. The number of aromatic nitrogens is 1. The van der Waals surface area contributed by atoms with Crippen LogP contribution in [0.15, 0.2) is 12.1 Å². The molecule has 18 heavy (non-hydrogen) atoms. The standard InChI is InChI=1S/C9H11N5O4/c10-9(11)14-8(18)5-2-1-4(13-5)7(17)12-3-6(15)16/h1-2,13H,3H2,(H,12,17)(H,15,16)(H4,10,11,14,18). The Bertz CT molecular complexity index is 507. The quantitative estimate of drug-likeness (QED) is 0.268. The van der Waals surface area contributed by atoms with Crippen LogP contribution in [0.3, 0.4) is 0 Å². The van der Waals surface area contributed by atoms with Gasteiger partial charge in [0.2, 0.25) is 0 Å². The second-order valence-electron chi connectivity index (χ2n) is 3.25. The second-order valence-corrected chi connectivity index (χ2v) is 3.25. The monoisotopic (exact) mass is 253 g/mol. The lowest BCUT2D eigenvalue weighted by molar-refractivity contribution is -0.303. The molecule has 0 aromatic carbocycles. The highest BCUT2D eigenvalue weighted by molar-refractivity contribution is 6.04. The molecule has 7 N–H and O–H groups in total. The van der Waals surface area contributed by atoms with Crippen LogP contribution in [0, 0.1) is 0 Å². The minimum Gasteiger partial charge on any atom is -0.548 e. The SMILES string of the molecule is NC(=[NH2+])NC(=O)c1ccc(C(=O)NCC(=O)[O-])[nH]1. The lowest BCUT2D eigenvalue weighted by Gasteiger charge is -2.03. The van der Waals surface area contributed by atoms with E-state index in [1.54, 1.807) is 0 Å². The summed E-state index contributed by atoms with van der Waals surface area (Å²) >= 11 is 0. The van der Waals surface area contributed by atoms with Crippen LogP contribution in [0.2, 0.25) is 0 Å². The Morgan fingerprint density at radius 3 is 2.33 bits per heavy atom. The lowest BCUT2D eigenvalue weighted by Crippen LogP contribution is -2.56. The van der Waals surface area contributed by atoms with Gasteiger partial charge in [-0.2, -0.15) is 0 Å². The number of rotatable bonds is 4. The second kappa shape index (κ2) is 5.48. The summed E-state index contributed by atoms with van der Waals surface area (Å²) in [5.41, 5.74) is 5.16. The zero-order valence-electron chi connectivity index (χ0n) is 9.15. The minimum atomic E-state index is -1.42. The van der Waals surface area contributed by atoms with Crippen LogP contribution in [0.25, 0.3) is 0 Å². The molecule has 0 fully saturated rings. The Balaban J connectivity index is 2.68. The molecule has 1 heterocycles. The molecule has 0 bridgehead atoms. The fourth-order valence-electron chi connectivity index (χ4n) is 1.11. The van der Waals surface area contributed by atoms with Gasteiger partial charge >= 0.3 is 11.9 Å². The van der Waals surface area contributed by atoms with Crippen LogP contribution < -0.4 is 26.9 Å². The smallest absolute Gasteiger partial charge is 0.346 e. The first-order valence-electron chi connectivity index (χ1n) is 4.76. The van der Waals surface area contributed by atoms with Crippen molar-refractivity contribution in [1.82, 2.24) is 15.6 Å². The molecule has 0 saturated heterocycles. The van der Waals surface area contributed by atoms with Gasteiger partial charge < -0.3 is 20.2 Å². The molecule has 0 unspecified atom stereocenters. The van der Waals surface area contributed by atoms with Crippen molar-refractivity contribution in [2.24, 2.45) is 5.73 Å². The van der Waals surface area contributed by atoms with Crippen molar-refractivity contribution >= 4 is 23.7 Å². The van der Waals surface area contributed by atoms with Gasteiger partial charge in [0.05, 0.1) is 12.5 Å². The zero-order valence-corrected chi connectivity index (χ0v) is 9.15. The molecule has 9 nitrogen and oxygen atoms in total. The number of aliphatic carboxylic acids is 1. The first-order chi connectivity index (χ1) is 8.40. The third-order valence-corrected chi connectivity index (χ3v) is 1.83. The number of aromatic amines is 1. The van der Waals surface area contributed by atoms with Crippen molar-refractivity contribution in [3.63, 3.8) is 0 Å². The largest absolute Gasteiger partial charge is 0.548 e. The lowest BCUT2D eigenvalue weighted by atomic mass is 10.4. The zero-order chi connectivity index (χ0) is 13.7. The summed E-state index contributed by atoms with van der Waals surface area (Å²) in [4.78, 5) is 35.4. The van der Waals surface area contributed by atoms with Gasteiger partial charge in [0.1, 0.15) is 11.4 Å². The molecule has 2 amide bonds. The average molecular weight is 253 g/mol. The number of carboxylic acid groups (broad SMARTS) is 1.